The molecule has 32 heavy (non-hydrogen) atoms. The highest BCUT2D eigenvalue weighted by Crippen LogP contribution is 2.28. The molecule has 3 aromatic carbocycles. The molecule has 3 aromatic rings. The van der Waals surface area contributed by atoms with Gasteiger partial charge in [-0.1, -0.05) is 65.1 Å². The highest BCUT2D eigenvalue weighted by Gasteiger charge is 2.28. The van der Waals surface area contributed by atoms with E-state index < -0.39 is 22.0 Å². The maximum Gasteiger partial charge on any atom is 0.245 e. The van der Waals surface area contributed by atoms with Gasteiger partial charge in [0.15, 0.2) is 0 Å². The molecule has 0 fully saturated rings. The van der Waals surface area contributed by atoms with E-state index in [0.717, 1.165) is 5.56 Å². The van der Waals surface area contributed by atoms with Crippen LogP contribution in [-0.4, -0.2) is 27.5 Å². The lowest BCUT2D eigenvalue weighted by atomic mass is 10.1. The minimum absolute atomic E-state index is 0.0994. The number of ether oxygens (including phenoxy) is 1. The van der Waals surface area contributed by atoms with E-state index in [0.29, 0.717) is 15.7 Å². The minimum Gasteiger partial charge on any atom is -0.495 e. The molecule has 0 bridgehead atoms. The zero-order valence-corrected chi connectivity index (χ0v) is 19.9. The minimum atomic E-state index is -4.17. The van der Waals surface area contributed by atoms with E-state index in [9.17, 15) is 13.2 Å². The van der Waals surface area contributed by atoms with Crippen molar-refractivity contribution in [2.24, 2.45) is 0 Å². The van der Waals surface area contributed by atoms with Crippen molar-refractivity contribution in [1.82, 2.24) is 4.72 Å². The van der Waals surface area contributed by atoms with Gasteiger partial charge in [-0.05, 0) is 48.4 Å². The van der Waals surface area contributed by atoms with Gasteiger partial charge in [0.25, 0.3) is 0 Å². The Morgan fingerprint density at radius 1 is 0.938 bits per heavy atom. The molecule has 3 rings (SSSR count). The Bertz CT molecular complexity index is 1200. The Morgan fingerprint density at radius 2 is 1.59 bits per heavy atom. The van der Waals surface area contributed by atoms with Gasteiger partial charge < -0.3 is 10.1 Å². The van der Waals surface area contributed by atoms with Crippen molar-refractivity contribution in [2.45, 2.75) is 17.4 Å². The molecule has 0 aliphatic carbocycles. The summed E-state index contributed by atoms with van der Waals surface area (Å²) < 4.78 is 33.9. The molecule has 2 N–H and O–H groups in total. The quantitative estimate of drug-likeness (QED) is 0.434. The Balaban J connectivity index is 1.93. The maximum atomic E-state index is 13.2. The topological polar surface area (TPSA) is 84.5 Å². The zero-order valence-electron chi connectivity index (χ0n) is 16.8. The lowest BCUT2D eigenvalue weighted by Crippen LogP contribution is -2.45. The highest BCUT2D eigenvalue weighted by molar-refractivity contribution is 7.89. The third-order valence-electron chi connectivity index (χ3n) is 4.44. The fraction of sp³-hybridized carbons (Fsp3) is 0.136. The van der Waals surface area contributed by atoms with E-state index >= 15 is 0 Å². The second kappa shape index (κ2) is 10.6. The molecule has 0 saturated heterocycles. The van der Waals surface area contributed by atoms with Crippen molar-refractivity contribution in [2.75, 3.05) is 12.4 Å². The lowest BCUT2D eigenvalue weighted by Gasteiger charge is -2.20. The van der Waals surface area contributed by atoms with Crippen molar-refractivity contribution in [1.29, 1.82) is 0 Å². The molecule has 0 aliphatic heterocycles. The summed E-state index contributed by atoms with van der Waals surface area (Å²) in [4.78, 5) is 12.9. The van der Waals surface area contributed by atoms with Crippen LogP contribution in [0.3, 0.4) is 0 Å². The largest absolute Gasteiger partial charge is 0.495 e. The first-order chi connectivity index (χ1) is 15.2. The summed E-state index contributed by atoms with van der Waals surface area (Å²) in [7, 11) is -2.82. The van der Waals surface area contributed by atoms with Gasteiger partial charge in [0, 0.05) is 20.8 Å². The first kappa shape index (κ1) is 24.4. The number of carbonyl (C=O) groups excluding carboxylic acids is 1. The number of amides is 1. The van der Waals surface area contributed by atoms with Gasteiger partial charge in [-0.2, -0.15) is 4.72 Å². The molecule has 1 amide bonds. The number of rotatable bonds is 8. The lowest BCUT2D eigenvalue weighted by molar-refractivity contribution is -0.117. The van der Waals surface area contributed by atoms with E-state index in [-0.39, 0.29) is 22.1 Å². The average molecular weight is 514 g/mol. The van der Waals surface area contributed by atoms with Gasteiger partial charge in [0.05, 0.1) is 7.11 Å². The Hall–Kier alpha value is -2.29. The number of nitrogens with one attached hydrogen (secondary N) is 2. The molecular weight excluding hydrogens is 495 g/mol. The predicted octanol–water partition coefficient (Wildman–Crippen LogP) is 5.18. The van der Waals surface area contributed by atoms with E-state index in [1.54, 1.807) is 24.3 Å². The standard InChI is InChI=1S/C22H19Cl3N2O4S/c1-31-20-8-7-15(23)13-21(20)32(29,30)27-19(9-14-5-3-2-4-6-14)22(28)26-18-11-16(24)10-17(25)12-18/h2-8,10-13,19,27H,9H2,1H3,(H,26,28)/t19-/m0/s1. The first-order valence-corrected chi connectivity index (χ1v) is 12.0. The molecule has 0 aliphatic rings. The van der Waals surface area contributed by atoms with Gasteiger partial charge in [-0.15, -0.1) is 0 Å². The molecular formula is C22H19Cl3N2O4S. The number of halogens is 3. The Morgan fingerprint density at radius 3 is 2.22 bits per heavy atom. The van der Waals surface area contributed by atoms with Crippen molar-refractivity contribution >= 4 is 56.4 Å². The monoisotopic (exact) mass is 512 g/mol. The Kier molecular flexibility index (Phi) is 8.03. The predicted molar refractivity (Wildman–Crippen MR) is 127 cm³/mol. The summed E-state index contributed by atoms with van der Waals surface area (Å²) >= 11 is 18.0. The van der Waals surface area contributed by atoms with Crippen LogP contribution >= 0.6 is 34.8 Å². The fourth-order valence-electron chi connectivity index (χ4n) is 3.00. The fourth-order valence-corrected chi connectivity index (χ4v) is 5.16. The SMILES string of the molecule is COc1ccc(Cl)cc1S(=O)(=O)N[C@@H](Cc1ccccc1)C(=O)Nc1cc(Cl)cc(Cl)c1. The van der Waals surface area contributed by atoms with E-state index in [4.69, 9.17) is 39.5 Å². The average Bonchev–Trinajstić information content (AvgIpc) is 2.73. The van der Waals surface area contributed by atoms with Crippen LogP contribution in [0.1, 0.15) is 5.56 Å². The summed E-state index contributed by atoms with van der Waals surface area (Å²) in [5, 5.41) is 3.54. The second-order valence-electron chi connectivity index (χ2n) is 6.81. The molecule has 168 valence electrons. The molecule has 0 aromatic heterocycles. The zero-order chi connectivity index (χ0) is 23.3. The molecule has 1 atom stereocenters. The summed E-state index contributed by atoms with van der Waals surface area (Å²) in [5.74, 6) is -0.487. The summed E-state index contributed by atoms with van der Waals surface area (Å²) in [6.45, 7) is 0. The van der Waals surface area contributed by atoms with E-state index in [1.165, 1.54) is 43.5 Å². The molecule has 0 radical (unpaired) electrons. The van der Waals surface area contributed by atoms with E-state index in [2.05, 4.69) is 10.0 Å². The number of carbonyl (C=O) groups is 1. The molecule has 6 nitrogen and oxygen atoms in total. The third kappa shape index (κ3) is 6.37. The third-order valence-corrected chi connectivity index (χ3v) is 6.61. The van der Waals surface area contributed by atoms with Crippen LogP contribution in [-0.2, 0) is 21.2 Å². The maximum absolute atomic E-state index is 13.2. The number of anilines is 1. The van der Waals surface area contributed by atoms with Crippen LogP contribution in [0, 0.1) is 0 Å². The van der Waals surface area contributed by atoms with Crippen LogP contribution in [0.25, 0.3) is 0 Å². The molecule has 0 unspecified atom stereocenters. The number of sulfonamides is 1. The summed E-state index contributed by atoms with van der Waals surface area (Å²) in [6, 6.07) is 16.6. The van der Waals surface area contributed by atoms with Crippen LogP contribution < -0.4 is 14.8 Å². The van der Waals surface area contributed by atoms with Gasteiger partial charge in [-0.3, -0.25) is 4.79 Å². The molecule has 0 saturated carbocycles. The normalized spacial score (nSPS) is 12.2. The number of benzene rings is 3. The molecule has 0 spiro atoms. The number of hydrogen-bond acceptors (Lipinski definition) is 4. The van der Waals surface area contributed by atoms with Crippen molar-refractivity contribution in [3.05, 3.63) is 87.4 Å². The smallest absolute Gasteiger partial charge is 0.245 e. The van der Waals surface area contributed by atoms with Crippen molar-refractivity contribution in [3.8, 4) is 5.75 Å². The van der Waals surface area contributed by atoms with Gasteiger partial charge >= 0.3 is 0 Å². The van der Waals surface area contributed by atoms with Crippen LogP contribution in [0.4, 0.5) is 5.69 Å². The van der Waals surface area contributed by atoms with Crippen molar-refractivity contribution < 1.29 is 17.9 Å². The van der Waals surface area contributed by atoms with Crippen molar-refractivity contribution in [3.63, 3.8) is 0 Å². The summed E-state index contributed by atoms with van der Waals surface area (Å²) in [5.41, 5.74) is 1.10. The molecule has 0 heterocycles. The van der Waals surface area contributed by atoms with Crippen LogP contribution in [0.5, 0.6) is 5.75 Å². The number of methoxy groups -OCH3 is 1. The molecule has 10 heteroatoms. The van der Waals surface area contributed by atoms with Crippen LogP contribution in [0.15, 0.2) is 71.6 Å². The van der Waals surface area contributed by atoms with Gasteiger partial charge in [0.1, 0.15) is 16.7 Å². The summed E-state index contributed by atoms with van der Waals surface area (Å²) in [6.07, 6.45) is 0.100. The first-order valence-electron chi connectivity index (χ1n) is 9.34. The second-order valence-corrected chi connectivity index (χ2v) is 9.80. The Labute approximate surface area is 201 Å². The van der Waals surface area contributed by atoms with Gasteiger partial charge in [0.2, 0.25) is 15.9 Å². The van der Waals surface area contributed by atoms with Gasteiger partial charge in [-0.25, -0.2) is 8.42 Å². The van der Waals surface area contributed by atoms with Crippen LogP contribution in [0.2, 0.25) is 15.1 Å². The number of hydrogen-bond donors (Lipinski definition) is 2. The highest BCUT2D eigenvalue weighted by atomic mass is 35.5. The van der Waals surface area contributed by atoms with E-state index in [1.807, 2.05) is 6.07 Å².